The maximum atomic E-state index is 13.9. The van der Waals surface area contributed by atoms with Crippen molar-refractivity contribution in [2.75, 3.05) is 7.11 Å². The maximum Gasteiger partial charge on any atom is 0.127 e. The zero-order chi connectivity index (χ0) is 14.0. The fourth-order valence-electron chi connectivity index (χ4n) is 1.94. The summed E-state index contributed by atoms with van der Waals surface area (Å²) in [5.41, 5.74) is 2.54. The molecule has 19 heavy (non-hydrogen) atoms. The van der Waals surface area contributed by atoms with E-state index in [1.807, 2.05) is 25.1 Å². The molecule has 0 N–H and O–H groups in total. The van der Waals surface area contributed by atoms with E-state index in [9.17, 15) is 4.39 Å². The predicted molar refractivity (Wildman–Crippen MR) is 79.9 cm³/mol. The minimum absolute atomic E-state index is 0.239. The van der Waals surface area contributed by atoms with Crippen LogP contribution in [0.2, 0.25) is 5.02 Å². The molecule has 0 amide bonds. The second kappa shape index (κ2) is 5.93. The average Bonchev–Trinajstić information content (AvgIpc) is 2.40. The van der Waals surface area contributed by atoms with E-state index in [1.165, 1.54) is 6.07 Å². The lowest BCUT2D eigenvalue weighted by Crippen LogP contribution is -1.99. The number of hydrogen-bond donors (Lipinski definition) is 0. The number of alkyl halides is 1. The van der Waals surface area contributed by atoms with E-state index in [2.05, 4.69) is 15.9 Å². The minimum Gasteiger partial charge on any atom is -0.497 e. The van der Waals surface area contributed by atoms with Gasteiger partial charge < -0.3 is 4.74 Å². The Hall–Kier alpha value is -1.06. The van der Waals surface area contributed by atoms with Crippen molar-refractivity contribution in [3.8, 4) is 5.75 Å². The molecule has 4 heteroatoms. The SMILES string of the molecule is COc1ccc(C(Br)c2cc(Cl)ccc2F)c(C)c1. The van der Waals surface area contributed by atoms with Crippen LogP contribution in [0.15, 0.2) is 36.4 Å². The number of rotatable bonds is 3. The fraction of sp³-hybridized carbons (Fsp3) is 0.200. The van der Waals surface area contributed by atoms with Gasteiger partial charge in [0.05, 0.1) is 11.9 Å². The summed E-state index contributed by atoms with van der Waals surface area (Å²) >= 11 is 9.47. The van der Waals surface area contributed by atoms with Crippen LogP contribution >= 0.6 is 27.5 Å². The van der Waals surface area contributed by atoms with Gasteiger partial charge in [-0.15, -0.1) is 0 Å². The number of hydrogen-bond acceptors (Lipinski definition) is 1. The van der Waals surface area contributed by atoms with Crippen LogP contribution in [0.4, 0.5) is 4.39 Å². The molecule has 1 nitrogen and oxygen atoms in total. The molecule has 0 heterocycles. The van der Waals surface area contributed by atoms with Crippen molar-refractivity contribution in [2.24, 2.45) is 0 Å². The Balaban J connectivity index is 2.43. The van der Waals surface area contributed by atoms with Gasteiger partial charge >= 0.3 is 0 Å². The van der Waals surface area contributed by atoms with Gasteiger partial charge in [-0.25, -0.2) is 4.39 Å². The lowest BCUT2D eigenvalue weighted by Gasteiger charge is -2.15. The van der Waals surface area contributed by atoms with Crippen molar-refractivity contribution in [3.63, 3.8) is 0 Å². The first-order valence-electron chi connectivity index (χ1n) is 5.76. The van der Waals surface area contributed by atoms with Gasteiger partial charge in [0.2, 0.25) is 0 Å². The summed E-state index contributed by atoms with van der Waals surface area (Å²) in [5.74, 6) is 0.508. The van der Waals surface area contributed by atoms with Crippen LogP contribution in [-0.4, -0.2) is 7.11 Å². The standard InChI is InChI=1S/C15H13BrClFO/c1-9-7-11(19-2)4-5-12(9)15(16)13-8-10(17)3-6-14(13)18/h3-8,15H,1-2H3. The van der Waals surface area contributed by atoms with Crippen molar-refractivity contribution in [1.29, 1.82) is 0 Å². The van der Waals surface area contributed by atoms with E-state index in [4.69, 9.17) is 16.3 Å². The smallest absolute Gasteiger partial charge is 0.127 e. The first kappa shape index (κ1) is 14.4. The molecule has 0 aliphatic rings. The van der Waals surface area contributed by atoms with Gasteiger partial charge in [0.25, 0.3) is 0 Å². The third kappa shape index (κ3) is 3.10. The molecule has 0 radical (unpaired) electrons. The topological polar surface area (TPSA) is 9.23 Å². The summed E-state index contributed by atoms with van der Waals surface area (Å²) in [6.07, 6.45) is 0. The van der Waals surface area contributed by atoms with Crippen LogP contribution in [0.1, 0.15) is 21.5 Å². The summed E-state index contributed by atoms with van der Waals surface area (Å²) in [4.78, 5) is -0.239. The average molecular weight is 344 g/mol. The molecule has 2 aromatic rings. The maximum absolute atomic E-state index is 13.9. The summed E-state index contributed by atoms with van der Waals surface area (Å²) in [5, 5.41) is 0.520. The van der Waals surface area contributed by atoms with Crippen molar-refractivity contribution < 1.29 is 9.13 Å². The monoisotopic (exact) mass is 342 g/mol. The Morgan fingerprint density at radius 2 is 1.89 bits per heavy atom. The first-order valence-corrected chi connectivity index (χ1v) is 7.06. The number of halogens is 3. The van der Waals surface area contributed by atoms with Gasteiger partial charge in [-0.3, -0.25) is 0 Å². The lowest BCUT2D eigenvalue weighted by atomic mass is 10.00. The van der Waals surface area contributed by atoms with Gasteiger partial charge in [-0.2, -0.15) is 0 Å². The predicted octanol–water partition coefficient (Wildman–Crippen LogP) is 5.28. The quantitative estimate of drug-likeness (QED) is 0.689. The van der Waals surface area contributed by atoms with E-state index < -0.39 is 0 Å². The zero-order valence-electron chi connectivity index (χ0n) is 10.6. The lowest BCUT2D eigenvalue weighted by molar-refractivity contribution is 0.414. The van der Waals surface area contributed by atoms with Crippen LogP contribution in [0.3, 0.4) is 0 Å². The Labute approximate surface area is 125 Å². The molecule has 0 fully saturated rings. The van der Waals surface area contributed by atoms with Gasteiger partial charge in [-0.05, 0) is 48.4 Å². The molecule has 0 aliphatic heterocycles. The minimum atomic E-state index is -0.276. The van der Waals surface area contributed by atoms with Crippen molar-refractivity contribution in [2.45, 2.75) is 11.8 Å². The summed E-state index contributed by atoms with van der Waals surface area (Å²) in [6, 6.07) is 10.3. The molecule has 1 atom stereocenters. The highest BCUT2D eigenvalue weighted by Gasteiger charge is 2.17. The van der Waals surface area contributed by atoms with E-state index in [1.54, 1.807) is 19.2 Å². The molecule has 0 spiro atoms. The van der Waals surface area contributed by atoms with E-state index in [-0.39, 0.29) is 10.6 Å². The Morgan fingerprint density at radius 3 is 2.53 bits per heavy atom. The molecular formula is C15H13BrClFO. The normalized spacial score (nSPS) is 12.3. The van der Waals surface area contributed by atoms with Gasteiger partial charge in [0, 0.05) is 10.6 Å². The first-order chi connectivity index (χ1) is 9.02. The highest BCUT2D eigenvalue weighted by molar-refractivity contribution is 9.09. The van der Waals surface area contributed by atoms with Crippen LogP contribution in [0, 0.1) is 12.7 Å². The molecule has 0 aromatic heterocycles. The highest BCUT2D eigenvalue weighted by atomic mass is 79.9. The number of ether oxygens (including phenoxy) is 1. The van der Waals surface area contributed by atoms with Crippen LogP contribution in [0.5, 0.6) is 5.75 Å². The third-order valence-electron chi connectivity index (χ3n) is 2.98. The fourth-order valence-corrected chi connectivity index (χ4v) is 2.98. The summed E-state index contributed by atoms with van der Waals surface area (Å²) in [6.45, 7) is 1.97. The third-order valence-corrected chi connectivity index (χ3v) is 4.20. The van der Waals surface area contributed by atoms with Crippen LogP contribution in [0.25, 0.3) is 0 Å². The molecule has 1 unspecified atom stereocenters. The van der Waals surface area contributed by atoms with Gasteiger partial charge in [-0.1, -0.05) is 33.6 Å². The molecular weight excluding hydrogens is 331 g/mol. The summed E-state index contributed by atoms with van der Waals surface area (Å²) in [7, 11) is 1.62. The second-order valence-corrected chi connectivity index (χ2v) is 5.60. The Morgan fingerprint density at radius 1 is 1.16 bits per heavy atom. The molecule has 2 rings (SSSR count). The summed E-state index contributed by atoms with van der Waals surface area (Å²) < 4.78 is 19.0. The van der Waals surface area contributed by atoms with E-state index in [0.717, 1.165) is 16.9 Å². The molecule has 0 aliphatic carbocycles. The molecule has 0 bridgehead atoms. The van der Waals surface area contributed by atoms with Gasteiger partial charge in [0.15, 0.2) is 0 Å². The number of aryl methyl sites for hydroxylation is 1. The molecule has 0 saturated heterocycles. The second-order valence-electron chi connectivity index (χ2n) is 4.25. The number of benzene rings is 2. The van der Waals surface area contributed by atoms with Gasteiger partial charge in [0.1, 0.15) is 11.6 Å². The number of methoxy groups -OCH3 is 1. The van der Waals surface area contributed by atoms with Crippen molar-refractivity contribution >= 4 is 27.5 Å². The van der Waals surface area contributed by atoms with Crippen molar-refractivity contribution in [1.82, 2.24) is 0 Å². The van der Waals surface area contributed by atoms with Crippen LogP contribution < -0.4 is 4.74 Å². The largest absolute Gasteiger partial charge is 0.497 e. The molecule has 2 aromatic carbocycles. The highest BCUT2D eigenvalue weighted by Crippen LogP contribution is 2.36. The molecule has 0 saturated carbocycles. The Bertz CT molecular complexity index is 601. The van der Waals surface area contributed by atoms with Crippen LogP contribution in [-0.2, 0) is 0 Å². The Kier molecular flexibility index (Phi) is 4.48. The van der Waals surface area contributed by atoms with E-state index in [0.29, 0.717) is 10.6 Å². The molecule has 100 valence electrons. The zero-order valence-corrected chi connectivity index (χ0v) is 12.9. The van der Waals surface area contributed by atoms with E-state index >= 15 is 0 Å². The van der Waals surface area contributed by atoms with Crippen molar-refractivity contribution in [3.05, 3.63) is 63.9 Å².